The second-order valence-corrected chi connectivity index (χ2v) is 8.68. The SMILES string of the molecule is CN(C)S(=O)(=O)c1cccc(NC(=O)/C=C/c2ccc(Cl)s2)c1. The number of nitrogens with zero attached hydrogens (tertiary/aromatic N) is 1. The summed E-state index contributed by atoms with van der Waals surface area (Å²) in [4.78, 5) is 12.9. The molecule has 1 aromatic carbocycles. The lowest BCUT2D eigenvalue weighted by Gasteiger charge is -2.12. The van der Waals surface area contributed by atoms with Crippen molar-refractivity contribution in [2.45, 2.75) is 4.90 Å². The van der Waals surface area contributed by atoms with Crippen LogP contribution in [0.4, 0.5) is 5.69 Å². The summed E-state index contributed by atoms with van der Waals surface area (Å²) in [7, 11) is -0.629. The van der Waals surface area contributed by atoms with Gasteiger partial charge in [0.2, 0.25) is 15.9 Å². The highest BCUT2D eigenvalue weighted by Crippen LogP contribution is 2.22. The average Bonchev–Trinajstić information content (AvgIpc) is 2.91. The van der Waals surface area contributed by atoms with E-state index < -0.39 is 10.0 Å². The topological polar surface area (TPSA) is 66.5 Å². The van der Waals surface area contributed by atoms with Gasteiger partial charge >= 0.3 is 0 Å². The van der Waals surface area contributed by atoms with Crippen molar-refractivity contribution in [2.75, 3.05) is 19.4 Å². The van der Waals surface area contributed by atoms with Crippen LogP contribution in [-0.4, -0.2) is 32.7 Å². The Morgan fingerprint density at radius 1 is 1.26 bits per heavy atom. The molecule has 2 rings (SSSR count). The minimum atomic E-state index is -3.54. The Morgan fingerprint density at radius 3 is 2.61 bits per heavy atom. The number of benzene rings is 1. The van der Waals surface area contributed by atoms with Gasteiger partial charge in [-0.2, -0.15) is 0 Å². The Morgan fingerprint density at radius 2 is 2.00 bits per heavy atom. The summed E-state index contributed by atoms with van der Waals surface area (Å²) in [6.45, 7) is 0. The first-order chi connectivity index (χ1) is 10.8. The molecule has 0 fully saturated rings. The standard InChI is InChI=1S/C15H15ClN2O3S2/c1-18(2)23(20,21)13-5-3-4-11(10-13)17-15(19)9-7-12-6-8-14(16)22-12/h3-10H,1-2H3,(H,17,19)/b9-7+. The van der Waals surface area contributed by atoms with Crippen molar-refractivity contribution in [3.8, 4) is 0 Å². The van der Waals surface area contributed by atoms with E-state index in [0.29, 0.717) is 10.0 Å². The summed E-state index contributed by atoms with van der Waals surface area (Å²) in [6.07, 6.45) is 3.02. The van der Waals surface area contributed by atoms with Crippen LogP contribution >= 0.6 is 22.9 Å². The average molecular weight is 371 g/mol. The third-order valence-corrected chi connectivity index (χ3v) is 5.88. The van der Waals surface area contributed by atoms with Gasteiger partial charge in [0.25, 0.3) is 0 Å². The van der Waals surface area contributed by atoms with E-state index in [0.717, 1.165) is 9.18 Å². The zero-order chi connectivity index (χ0) is 17.0. The Bertz CT molecular complexity index is 842. The summed E-state index contributed by atoms with van der Waals surface area (Å²) in [5.74, 6) is -0.353. The molecule has 0 aliphatic rings. The first kappa shape index (κ1) is 17.7. The van der Waals surface area contributed by atoms with Gasteiger partial charge < -0.3 is 5.32 Å². The van der Waals surface area contributed by atoms with Crippen molar-refractivity contribution >= 4 is 50.6 Å². The molecule has 1 heterocycles. The van der Waals surface area contributed by atoms with Crippen molar-refractivity contribution in [3.05, 3.63) is 51.7 Å². The molecule has 0 saturated carbocycles. The number of rotatable bonds is 5. The highest BCUT2D eigenvalue weighted by atomic mass is 35.5. The predicted molar refractivity (Wildman–Crippen MR) is 94.3 cm³/mol. The fraction of sp³-hybridized carbons (Fsp3) is 0.133. The maximum atomic E-state index is 12.1. The van der Waals surface area contributed by atoms with Gasteiger partial charge in [-0.05, 0) is 36.4 Å². The molecule has 0 aliphatic carbocycles. The lowest BCUT2D eigenvalue weighted by Crippen LogP contribution is -2.22. The summed E-state index contributed by atoms with van der Waals surface area (Å²) < 4.78 is 25.9. The molecule has 1 N–H and O–H groups in total. The van der Waals surface area contributed by atoms with Gasteiger partial charge in [-0.15, -0.1) is 11.3 Å². The number of amides is 1. The Balaban J connectivity index is 2.11. The van der Waals surface area contributed by atoms with Crippen LogP contribution in [0.25, 0.3) is 6.08 Å². The first-order valence-corrected chi connectivity index (χ1v) is 9.19. The fourth-order valence-electron chi connectivity index (χ4n) is 1.70. The lowest BCUT2D eigenvalue weighted by molar-refractivity contribution is -0.111. The maximum Gasteiger partial charge on any atom is 0.248 e. The van der Waals surface area contributed by atoms with Crippen molar-refractivity contribution in [3.63, 3.8) is 0 Å². The zero-order valence-corrected chi connectivity index (χ0v) is 14.9. The third kappa shape index (κ3) is 4.65. The number of anilines is 1. The number of nitrogens with one attached hydrogen (secondary N) is 1. The third-order valence-electron chi connectivity index (χ3n) is 2.87. The van der Waals surface area contributed by atoms with Crippen LogP contribution < -0.4 is 5.32 Å². The van der Waals surface area contributed by atoms with Crippen LogP contribution in [0.3, 0.4) is 0 Å². The van der Waals surface area contributed by atoms with Crippen molar-refractivity contribution in [1.29, 1.82) is 0 Å². The molecule has 0 aliphatic heterocycles. The van der Waals surface area contributed by atoms with Gasteiger partial charge in [0.05, 0.1) is 9.23 Å². The van der Waals surface area contributed by atoms with E-state index in [1.54, 1.807) is 30.3 Å². The summed E-state index contributed by atoms with van der Waals surface area (Å²) in [6, 6.07) is 9.66. The van der Waals surface area contributed by atoms with E-state index in [2.05, 4.69) is 5.32 Å². The molecule has 2 aromatic rings. The van der Waals surface area contributed by atoms with Crippen LogP contribution in [0.5, 0.6) is 0 Å². The molecule has 5 nitrogen and oxygen atoms in total. The molecule has 0 saturated heterocycles. The second kappa shape index (κ2) is 7.27. The number of hydrogen-bond donors (Lipinski definition) is 1. The minimum Gasteiger partial charge on any atom is -0.322 e. The Kier molecular flexibility index (Phi) is 5.59. The van der Waals surface area contributed by atoms with E-state index in [1.807, 2.05) is 0 Å². The van der Waals surface area contributed by atoms with Crippen molar-refractivity contribution in [2.24, 2.45) is 0 Å². The molecule has 23 heavy (non-hydrogen) atoms. The van der Waals surface area contributed by atoms with E-state index in [1.165, 1.54) is 43.6 Å². The van der Waals surface area contributed by atoms with Crippen LogP contribution in [0.1, 0.15) is 4.88 Å². The molecule has 1 aromatic heterocycles. The summed E-state index contributed by atoms with van der Waals surface area (Å²) in [5.41, 5.74) is 0.409. The number of halogens is 1. The van der Waals surface area contributed by atoms with Crippen molar-refractivity contribution in [1.82, 2.24) is 4.31 Å². The van der Waals surface area contributed by atoms with Gasteiger partial charge in [-0.3, -0.25) is 4.79 Å². The van der Waals surface area contributed by atoms with E-state index >= 15 is 0 Å². The summed E-state index contributed by atoms with van der Waals surface area (Å²) in [5, 5.41) is 2.63. The van der Waals surface area contributed by atoms with Crippen molar-refractivity contribution < 1.29 is 13.2 Å². The predicted octanol–water partition coefficient (Wildman–Crippen LogP) is 3.30. The van der Waals surface area contributed by atoms with Crippen LogP contribution in [-0.2, 0) is 14.8 Å². The number of thiophene rings is 1. The highest BCUT2D eigenvalue weighted by molar-refractivity contribution is 7.89. The largest absolute Gasteiger partial charge is 0.322 e. The molecule has 122 valence electrons. The van der Waals surface area contributed by atoms with Gasteiger partial charge in [-0.1, -0.05) is 17.7 Å². The molecule has 0 radical (unpaired) electrons. The minimum absolute atomic E-state index is 0.120. The highest BCUT2D eigenvalue weighted by Gasteiger charge is 2.17. The molecule has 0 unspecified atom stereocenters. The fourth-order valence-corrected chi connectivity index (χ4v) is 3.62. The van der Waals surface area contributed by atoms with Gasteiger partial charge in [0.15, 0.2) is 0 Å². The van der Waals surface area contributed by atoms with Crippen LogP contribution in [0.15, 0.2) is 47.4 Å². The van der Waals surface area contributed by atoms with Gasteiger partial charge in [0.1, 0.15) is 0 Å². The quantitative estimate of drug-likeness (QED) is 0.821. The maximum absolute atomic E-state index is 12.1. The number of carbonyl (C=O) groups excluding carboxylic acids is 1. The number of sulfonamides is 1. The van der Waals surface area contributed by atoms with E-state index in [-0.39, 0.29) is 10.8 Å². The monoisotopic (exact) mass is 370 g/mol. The number of carbonyl (C=O) groups is 1. The first-order valence-electron chi connectivity index (χ1n) is 6.56. The van der Waals surface area contributed by atoms with Gasteiger partial charge in [-0.25, -0.2) is 12.7 Å². The van der Waals surface area contributed by atoms with E-state index in [9.17, 15) is 13.2 Å². The Labute approximate surface area is 144 Å². The smallest absolute Gasteiger partial charge is 0.248 e. The Hall–Kier alpha value is -1.67. The number of hydrogen-bond acceptors (Lipinski definition) is 4. The van der Waals surface area contributed by atoms with Crippen LogP contribution in [0, 0.1) is 0 Å². The summed E-state index contributed by atoms with van der Waals surface area (Å²) >= 11 is 7.17. The zero-order valence-electron chi connectivity index (χ0n) is 12.5. The molecule has 0 bridgehead atoms. The normalized spacial score (nSPS) is 12.0. The second-order valence-electron chi connectivity index (χ2n) is 4.78. The molecule has 1 amide bonds. The van der Waals surface area contributed by atoms with Crippen LogP contribution in [0.2, 0.25) is 4.34 Å². The molecule has 8 heteroatoms. The molecule has 0 spiro atoms. The lowest BCUT2D eigenvalue weighted by atomic mass is 10.3. The van der Waals surface area contributed by atoms with Gasteiger partial charge in [0, 0.05) is 30.7 Å². The molecule has 0 atom stereocenters. The molecular formula is C15H15ClN2O3S2. The van der Waals surface area contributed by atoms with E-state index in [4.69, 9.17) is 11.6 Å². The molecular weight excluding hydrogens is 356 g/mol.